The Balaban J connectivity index is 1.66. The summed E-state index contributed by atoms with van der Waals surface area (Å²) in [4.78, 5) is 11.6. The van der Waals surface area contributed by atoms with Gasteiger partial charge >= 0.3 is 5.97 Å². The van der Waals surface area contributed by atoms with Crippen molar-refractivity contribution in [1.82, 2.24) is 5.32 Å². The van der Waals surface area contributed by atoms with Crippen LogP contribution < -0.4 is 5.32 Å². The van der Waals surface area contributed by atoms with Gasteiger partial charge in [-0.1, -0.05) is 0 Å². The lowest BCUT2D eigenvalue weighted by atomic mass is 10.1. The number of nitrogens with one attached hydrogen (secondary N) is 1. The highest BCUT2D eigenvalue weighted by atomic mass is 16.6. The molecule has 0 radical (unpaired) electrons. The third-order valence-corrected chi connectivity index (χ3v) is 2.88. The lowest BCUT2D eigenvalue weighted by Crippen LogP contribution is -2.43. The highest BCUT2D eigenvalue weighted by molar-refractivity contribution is 5.70. The molecule has 2 rings (SSSR count). The molecule has 16 heavy (non-hydrogen) atoms. The van der Waals surface area contributed by atoms with Gasteiger partial charge in [0.1, 0.15) is 6.10 Å². The van der Waals surface area contributed by atoms with E-state index in [0.717, 1.165) is 26.0 Å². The van der Waals surface area contributed by atoms with Gasteiger partial charge in [-0.05, 0) is 0 Å². The van der Waals surface area contributed by atoms with Crippen molar-refractivity contribution in [2.45, 2.75) is 31.4 Å². The largest absolute Gasteiger partial charge is 0.462 e. The van der Waals surface area contributed by atoms with E-state index in [1.54, 1.807) is 0 Å². The summed E-state index contributed by atoms with van der Waals surface area (Å²) in [6.45, 7) is 3.54. The molecule has 0 aromatic carbocycles. The van der Waals surface area contributed by atoms with Gasteiger partial charge in [0, 0.05) is 25.4 Å². The van der Waals surface area contributed by atoms with Crippen molar-refractivity contribution in [1.29, 1.82) is 0 Å². The fourth-order valence-corrected chi connectivity index (χ4v) is 1.98. The van der Waals surface area contributed by atoms with E-state index in [4.69, 9.17) is 14.2 Å². The molecule has 2 aliphatic rings. The Bertz CT molecular complexity index is 200. The molecule has 1 N–H and O–H groups in total. The highest BCUT2D eigenvalue weighted by Gasteiger charge is 2.22. The normalized spacial score (nSPS) is 27.6. The second-order valence-electron chi connectivity index (χ2n) is 4.23. The Labute approximate surface area is 95.4 Å². The number of carbonyl (C=O) groups is 1. The number of hydrogen-bond donors (Lipinski definition) is 1. The SMILES string of the molecule is O=C(CC1COCCN1)OC1CCOCC1. The summed E-state index contributed by atoms with van der Waals surface area (Å²) in [5, 5.41) is 3.24. The van der Waals surface area contributed by atoms with Crippen LogP contribution in [0.1, 0.15) is 19.3 Å². The van der Waals surface area contributed by atoms with Crippen LogP contribution in [0.15, 0.2) is 0 Å². The molecule has 1 unspecified atom stereocenters. The quantitative estimate of drug-likeness (QED) is 0.695. The maximum atomic E-state index is 11.6. The molecule has 0 aliphatic carbocycles. The minimum atomic E-state index is -0.130. The molecule has 5 nitrogen and oxygen atoms in total. The number of ether oxygens (including phenoxy) is 3. The predicted octanol–water partition coefficient (Wildman–Crippen LogP) is 0.0871. The number of hydrogen-bond acceptors (Lipinski definition) is 5. The first kappa shape index (κ1) is 11.8. The Morgan fingerprint density at radius 3 is 2.75 bits per heavy atom. The second-order valence-corrected chi connectivity index (χ2v) is 4.23. The molecule has 0 spiro atoms. The zero-order valence-electron chi connectivity index (χ0n) is 9.44. The molecule has 2 heterocycles. The Kier molecular flexibility index (Phi) is 4.56. The van der Waals surface area contributed by atoms with E-state index in [1.807, 2.05) is 0 Å². The first-order valence-electron chi connectivity index (χ1n) is 5.93. The highest BCUT2D eigenvalue weighted by Crippen LogP contribution is 2.12. The zero-order valence-corrected chi connectivity index (χ0v) is 9.44. The van der Waals surface area contributed by atoms with Crippen LogP contribution in [0.5, 0.6) is 0 Å². The van der Waals surface area contributed by atoms with E-state index >= 15 is 0 Å². The van der Waals surface area contributed by atoms with Gasteiger partial charge in [-0.15, -0.1) is 0 Å². The molecular weight excluding hydrogens is 210 g/mol. The van der Waals surface area contributed by atoms with Crippen LogP contribution in [0.2, 0.25) is 0 Å². The second kappa shape index (κ2) is 6.18. The first-order chi connectivity index (χ1) is 7.84. The van der Waals surface area contributed by atoms with Crippen molar-refractivity contribution >= 4 is 5.97 Å². The van der Waals surface area contributed by atoms with E-state index < -0.39 is 0 Å². The molecule has 92 valence electrons. The number of rotatable bonds is 3. The van der Waals surface area contributed by atoms with E-state index in [0.29, 0.717) is 26.2 Å². The summed E-state index contributed by atoms with van der Waals surface area (Å²) in [6, 6.07) is 0.112. The molecule has 0 saturated carbocycles. The van der Waals surface area contributed by atoms with Crippen LogP contribution in [-0.4, -0.2) is 51.1 Å². The Morgan fingerprint density at radius 2 is 2.06 bits per heavy atom. The smallest absolute Gasteiger partial charge is 0.307 e. The van der Waals surface area contributed by atoms with Gasteiger partial charge in [-0.2, -0.15) is 0 Å². The van der Waals surface area contributed by atoms with E-state index in [2.05, 4.69) is 5.32 Å². The molecule has 2 aliphatic heterocycles. The molecule has 1 atom stereocenters. The van der Waals surface area contributed by atoms with Gasteiger partial charge in [0.15, 0.2) is 0 Å². The van der Waals surface area contributed by atoms with E-state index in [9.17, 15) is 4.79 Å². The van der Waals surface area contributed by atoms with Gasteiger partial charge in [0.2, 0.25) is 0 Å². The summed E-state index contributed by atoms with van der Waals surface area (Å²) in [6.07, 6.45) is 2.09. The minimum Gasteiger partial charge on any atom is -0.462 e. The lowest BCUT2D eigenvalue weighted by Gasteiger charge is -2.25. The maximum Gasteiger partial charge on any atom is 0.307 e. The van der Waals surface area contributed by atoms with Crippen molar-refractivity contribution in [2.24, 2.45) is 0 Å². The van der Waals surface area contributed by atoms with Crippen molar-refractivity contribution in [3.8, 4) is 0 Å². The molecule has 2 fully saturated rings. The fraction of sp³-hybridized carbons (Fsp3) is 0.909. The molecule has 0 aromatic heterocycles. The van der Waals surface area contributed by atoms with E-state index in [1.165, 1.54) is 0 Å². The fourth-order valence-electron chi connectivity index (χ4n) is 1.98. The van der Waals surface area contributed by atoms with Gasteiger partial charge < -0.3 is 19.5 Å². The van der Waals surface area contributed by atoms with Crippen LogP contribution in [-0.2, 0) is 19.0 Å². The molecule has 5 heteroatoms. The van der Waals surface area contributed by atoms with Crippen LogP contribution in [0.4, 0.5) is 0 Å². The lowest BCUT2D eigenvalue weighted by molar-refractivity contribution is -0.154. The first-order valence-corrected chi connectivity index (χ1v) is 5.93. The van der Waals surface area contributed by atoms with Crippen LogP contribution in [0, 0.1) is 0 Å². The molecular formula is C11H19NO4. The predicted molar refractivity (Wildman–Crippen MR) is 57.2 cm³/mol. The number of carbonyl (C=O) groups excluding carboxylic acids is 1. The monoisotopic (exact) mass is 229 g/mol. The van der Waals surface area contributed by atoms with Crippen LogP contribution in [0.25, 0.3) is 0 Å². The number of morpholine rings is 1. The van der Waals surface area contributed by atoms with Gasteiger partial charge in [-0.25, -0.2) is 0 Å². The standard InChI is InChI=1S/C11H19NO4/c13-11(7-9-8-15-6-3-12-9)16-10-1-4-14-5-2-10/h9-10,12H,1-8H2. The van der Waals surface area contributed by atoms with Crippen molar-refractivity contribution in [2.75, 3.05) is 33.0 Å². The average Bonchev–Trinajstić information content (AvgIpc) is 2.31. The summed E-state index contributed by atoms with van der Waals surface area (Å²) < 4.78 is 15.9. The van der Waals surface area contributed by atoms with Crippen molar-refractivity contribution in [3.05, 3.63) is 0 Å². The van der Waals surface area contributed by atoms with E-state index in [-0.39, 0.29) is 18.1 Å². The minimum absolute atomic E-state index is 0.0470. The molecule has 2 saturated heterocycles. The molecule has 0 amide bonds. The Morgan fingerprint density at radius 1 is 1.25 bits per heavy atom. The maximum absolute atomic E-state index is 11.6. The van der Waals surface area contributed by atoms with Crippen LogP contribution in [0.3, 0.4) is 0 Å². The summed E-state index contributed by atoms with van der Waals surface area (Å²) >= 11 is 0. The summed E-state index contributed by atoms with van der Waals surface area (Å²) in [5.41, 5.74) is 0. The third-order valence-electron chi connectivity index (χ3n) is 2.88. The third kappa shape index (κ3) is 3.73. The van der Waals surface area contributed by atoms with Gasteiger partial charge in [0.05, 0.1) is 32.8 Å². The van der Waals surface area contributed by atoms with Crippen molar-refractivity contribution < 1.29 is 19.0 Å². The molecule has 0 aromatic rings. The summed E-state index contributed by atoms with van der Waals surface area (Å²) in [5.74, 6) is -0.130. The molecule has 0 bridgehead atoms. The average molecular weight is 229 g/mol. The van der Waals surface area contributed by atoms with Crippen molar-refractivity contribution in [3.63, 3.8) is 0 Å². The zero-order chi connectivity index (χ0) is 11.2. The van der Waals surface area contributed by atoms with Crippen LogP contribution >= 0.6 is 0 Å². The Hall–Kier alpha value is -0.650. The number of esters is 1. The van der Waals surface area contributed by atoms with Gasteiger partial charge in [0.25, 0.3) is 0 Å². The topological polar surface area (TPSA) is 56.8 Å². The summed E-state index contributed by atoms with van der Waals surface area (Å²) in [7, 11) is 0. The van der Waals surface area contributed by atoms with Gasteiger partial charge in [-0.3, -0.25) is 4.79 Å².